The molecule has 4 aromatic rings. The zero-order valence-electron chi connectivity index (χ0n) is 42.4. The van der Waals surface area contributed by atoms with Gasteiger partial charge in [0.2, 0.25) is 5.75 Å². The van der Waals surface area contributed by atoms with Crippen LogP contribution in [-0.2, 0) is 44.7 Å². The molecule has 0 spiro atoms. The van der Waals surface area contributed by atoms with Gasteiger partial charge in [0.1, 0.15) is 17.1 Å². The van der Waals surface area contributed by atoms with E-state index in [2.05, 4.69) is 43.4 Å². The highest BCUT2D eigenvalue weighted by atomic mass is 35.5. The Morgan fingerprint density at radius 3 is 1.45 bits per heavy atom. The lowest BCUT2D eigenvalue weighted by Crippen LogP contribution is -3.00. The third-order valence-corrected chi connectivity index (χ3v) is 14.6. The smallest absolute Gasteiger partial charge is 0.350 e. The zero-order valence-corrected chi connectivity index (χ0v) is 44.6. The van der Waals surface area contributed by atoms with Gasteiger partial charge in [0.15, 0.2) is 46.0 Å². The summed E-state index contributed by atoms with van der Waals surface area (Å²) in [6, 6.07) is 16.4. The number of esters is 2. The Balaban J connectivity index is 0.00000469. The van der Waals surface area contributed by atoms with E-state index >= 15 is 0 Å². The van der Waals surface area contributed by atoms with Crippen molar-refractivity contribution in [1.82, 2.24) is 0 Å². The van der Waals surface area contributed by atoms with E-state index in [1.165, 1.54) is 27.8 Å². The maximum atomic E-state index is 13.1. The summed E-state index contributed by atoms with van der Waals surface area (Å²) in [6.45, 7) is 4.27. The largest absolute Gasteiger partial charge is 1.00 e. The van der Waals surface area contributed by atoms with Gasteiger partial charge in [0.25, 0.3) is 0 Å². The number of halogens is 3. The van der Waals surface area contributed by atoms with Gasteiger partial charge >= 0.3 is 11.9 Å². The maximum absolute atomic E-state index is 13.1. The summed E-state index contributed by atoms with van der Waals surface area (Å²) in [7, 11) is 16.9. The van der Waals surface area contributed by atoms with Gasteiger partial charge in [-0.05, 0) is 70.8 Å². The molecule has 0 bridgehead atoms. The minimum atomic E-state index is -0.787. The van der Waals surface area contributed by atoms with Gasteiger partial charge in [0.05, 0.1) is 117 Å². The van der Waals surface area contributed by atoms with Crippen molar-refractivity contribution in [3.05, 3.63) is 98.6 Å². The van der Waals surface area contributed by atoms with E-state index in [1.807, 2.05) is 12.1 Å². The van der Waals surface area contributed by atoms with E-state index < -0.39 is 11.9 Å². The highest BCUT2D eigenvalue weighted by Gasteiger charge is 2.48. The SMILES string of the molecule is COc1cc2c(cc1OC)C1c3cc(OC)c(OC)cc3CC[N+]1(CCCOC(=O)/C=C(\Cl)C(=O)OCCC[N+]1(C)CCc3cc(OC)c(OC)cc3[C@H]1Cc1cc(OC)c(OC)c(OC)c1)CC2.[Cl-].[Cl-]. The second kappa shape index (κ2) is 24.8. The van der Waals surface area contributed by atoms with Gasteiger partial charge in [-0.25, -0.2) is 9.59 Å². The monoisotopic (exact) mass is 1040 g/mol. The zero-order chi connectivity index (χ0) is 49.5. The Morgan fingerprint density at radius 2 is 0.972 bits per heavy atom. The van der Waals surface area contributed by atoms with E-state index in [4.69, 9.17) is 63.7 Å². The first-order valence-electron chi connectivity index (χ1n) is 23.3. The summed E-state index contributed by atoms with van der Waals surface area (Å²) in [6.07, 6.45) is 5.28. The molecule has 388 valence electrons. The summed E-state index contributed by atoms with van der Waals surface area (Å²) < 4.78 is 64.0. The molecule has 0 saturated heterocycles. The van der Waals surface area contributed by atoms with Crippen LogP contribution >= 0.6 is 11.6 Å². The lowest BCUT2D eigenvalue weighted by molar-refractivity contribution is -0.955. The van der Waals surface area contributed by atoms with Crippen LogP contribution in [0.4, 0.5) is 0 Å². The third kappa shape index (κ3) is 11.8. The van der Waals surface area contributed by atoms with E-state index in [0.29, 0.717) is 82.0 Å². The molecular weight excluding hydrogens is 979 g/mol. The molecule has 0 aromatic heterocycles. The Morgan fingerprint density at radius 1 is 0.549 bits per heavy atom. The normalized spacial score (nSPS) is 19.6. The van der Waals surface area contributed by atoms with E-state index in [9.17, 15) is 9.59 Å². The molecule has 0 saturated carbocycles. The number of rotatable bonds is 21. The van der Waals surface area contributed by atoms with Crippen molar-refractivity contribution in [3.8, 4) is 51.7 Å². The van der Waals surface area contributed by atoms with Gasteiger partial charge in [-0.3, -0.25) is 0 Å². The molecule has 0 amide bonds. The molecule has 18 heteroatoms. The summed E-state index contributed by atoms with van der Waals surface area (Å²) in [4.78, 5) is 26.2. The number of quaternary nitrogens is 2. The van der Waals surface area contributed by atoms with Crippen molar-refractivity contribution in [2.24, 2.45) is 0 Å². The minimum Gasteiger partial charge on any atom is -1.00 e. The lowest BCUT2D eigenvalue weighted by Gasteiger charge is -2.51. The van der Waals surface area contributed by atoms with Crippen LogP contribution in [0.2, 0.25) is 0 Å². The minimum absolute atomic E-state index is 0. The highest BCUT2D eigenvalue weighted by molar-refractivity contribution is 6.42. The molecule has 71 heavy (non-hydrogen) atoms. The molecule has 3 heterocycles. The molecule has 1 unspecified atom stereocenters. The summed E-state index contributed by atoms with van der Waals surface area (Å²) in [5, 5.41) is -0.343. The van der Waals surface area contributed by atoms with Crippen LogP contribution in [0.25, 0.3) is 0 Å². The fourth-order valence-electron chi connectivity index (χ4n) is 10.8. The maximum Gasteiger partial charge on any atom is 0.350 e. The summed E-state index contributed by atoms with van der Waals surface area (Å²) in [5.74, 6) is 4.25. The number of hydrogen-bond donors (Lipinski definition) is 0. The topological polar surface area (TPSA) is 136 Å². The van der Waals surface area contributed by atoms with Crippen molar-refractivity contribution in [3.63, 3.8) is 0 Å². The molecule has 7 rings (SSSR count). The number of likely N-dealkylation sites (N-methyl/N-ethyl adjacent to an activating group) is 1. The first-order valence-corrected chi connectivity index (χ1v) is 23.7. The van der Waals surface area contributed by atoms with Crippen LogP contribution in [0.3, 0.4) is 0 Å². The number of fused-ring (bicyclic) bond motifs is 6. The van der Waals surface area contributed by atoms with Crippen molar-refractivity contribution in [2.75, 3.05) is 117 Å². The van der Waals surface area contributed by atoms with Gasteiger partial charge in [-0.2, -0.15) is 0 Å². The standard InChI is InChI=1S/C53H67ClN2O13.2ClH/c1-55(18-13-34-26-42(59-2)45(62-5)29-37(34)41(55)23-33-24-48(65-8)52(67-10)49(25-33)66-9)16-11-22-69-53(58)40(54)32-50(57)68-21-12-17-56-19-14-35-27-43(60-3)46(63-6)30-38(35)51(56)39-31-47(64-7)44(61-4)28-36(39)15-20-56;;/h24-32,41,51H,11-23H2,1-10H3;2*1H/q+2;;/p-2/b40-32-;;/t41-,51?,55?,56?;;/m1../s1. The predicted octanol–water partition coefficient (Wildman–Crippen LogP) is 1.77. The second-order valence-corrected chi connectivity index (χ2v) is 18.4. The third-order valence-electron chi connectivity index (χ3n) is 14.4. The van der Waals surface area contributed by atoms with Crippen LogP contribution in [0.1, 0.15) is 63.9 Å². The Bertz CT molecular complexity index is 2460. The highest BCUT2D eigenvalue weighted by Crippen LogP contribution is 2.51. The fraction of sp³-hybridized carbons (Fsp3) is 0.472. The molecule has 3 aliphatic rings. The van der Waals surface area contributed by atoms with E-state index in [0.717, 1.165) is 67.1 Å². The van der Waals surface area contributed by atoms with Crippen molar-refractivity contribution in [2.45, 2.75) is 50.6 Å². The summed E-state index contributed by atoms with van der Waals surface area (Å²) in [5.41, 5.74) is 8.09. The predicted molar refractivity (Wildman–Crippen MR) is 260 cm³/mol. The van der Waals surface area contributed by atoms with Gasteiger partial charge in [0, 0.05) is 61.3 Å². The number of carbonyl (C=O) groups excluding carboxylic acids is 2. The Labute approximate surface area is 435 Å². The molecule has 3 aliphatic heterocycles. The number of methoxy groups -OCH3 is 9. The Kier molecular flexibility index (Phi) is 19.7. The van der Waals surface area contributed by atoms with Crippen molar-refractivity contribution < 1.29 is 95.5 Å². The lowest BCUT2D eigenvalue weighted by atomic mass is 9.79. The van der Waals surface area contributed by atoms with Gasteiger partial charge < -0.3 is 85.9 Å². The number of ether oxygens (including phenoxy) is 11. The molecule has 0 aliphatic carbocycles. The van der Waals surface area contributed by atoms with E-state index in [-0.39, 0.29) is 55.1 Å². The number of nitrogens with zero attached hydrogens (tertiary/aromatic N) is 2. The quantitative estimate of drug-likeness (QED) is 0.0520. The first kappa shape index (κ1) is 56.5. The number of hydrogen-bond acceptors (Lipinski definition) is 13. The average Bonchev–Trinajstić information content (AvgIpc) is 3.37. The van der Waals surface area contributed by atoms with Crippen LogP contribution < -0.4 is 67.4 Å². The second-order valence-electron chi connectivity index (χ2n) is 17.9. The van der Waals surface area contributed by atoms with Gasteiger partial charge in [-0.15, -0.1) is 0 Å². The molecular formula is C53H67Cl3N2O13. The first-order chi connectivity index (χ1) is 33.3. The van der Waals surface area contributed by atoms with E-state index in [1.54, 1.807) is 64.0 Å². The summed E-state index contributed by atoms with van der Waals surface area (Å²) >= 11 is 6.38. The average molecular weight is 1050 g/mol. The van der Waals surface area contributed by atoms with Crippen molar-refractivity contribution >= 4 is 23.5 Å². The molecule has 0 N–H and O–H groups in total. The van der Waals surface area contributed by atoms with Crippen molar-refractivity contribution in [1.29, 1.82) is 0 Å². The number of benzene rings is 4. The van der Waals surface area contributed by atoms with Crippen LogP contribution in [0.5, 0.6) is 51.7 Å². The molecule has 4 aromatic carbocycles. The Hall–Kier alpha value is -5.45. The molecule has 15 nitrogen and oxygen atoms in total. The molecule has 0 fully saturated rings. The molecule has 2 atom stereocenters. The van der Waals surface area contributed by atoms with Crippen LogP contribution in [0, 0.1) is 0 Å². The van der Waals surface area contributed by atoms with Gasteiger partial charge in [-0.1, -0.05) is 11.6 Å². The molecule has 0 radical (unpaired) electrons. The van der Waals surface area contributed by atoms with Crippen LogP contribution in [0.15, 0.2) is 59.6 Å². The number of carbonyl (C=O) groups is 2. The van der Waals surface area contributed by atoms with Crippen LogP contribution in [-0.4, -0.2) is 138 Å². The fourth-order valence-corrected chi connectivity index (χ4v) is 10.9.